The Morgan fingerprint density at radius 1 is 1.39 bits per heavy atom. The predicted molar refractivity (Wildman–Crippen MR) is 90.2 cm³/mol. The number of carbonyl (C=O) groups is 1. The molecule has 3 aromatic heterocycles. The number of nitrogen functional groups attached to an aromatic ring is 1. The lowest BCUT2D eigenvalue weighted by atomic mass is 10.1. The van der Waals surface area contributed by atoms with Crippen molar-refractivity contribution in [2.75, 3.05) is 12.3 Å². The maximum absolute atomic E-state index is 12.2. The molecule has 3 N–H and O–H groups in total. The molecule has 0 unspecified atom stereocenters. The lowest BCUT2D eigenvalue weighted by molar-refractivity contribution is 0.0950. The van der Waals surface area contributed by atoms with E-state index in [4.69, 9.17) is 5.73 Å². The Morgan fingerprint density at radius 3 is 2.96 bits per heavy atom. The summed E-state index contributed by atoms with van der Waals surface area (Å²) in [6.07, 6.45) is 6.25. The van der Waals surface area contributed by atoms with Crippen molar-refractivity contribution in [2.24, 2.45) is 0 Å². The number of nitrogens with two attached hydrogens (primary N) is 1. The number of imidazole rings is 1. The van der Waals surface area contributed by atoms with Crippen LogP contribution in [-0.2, 0) is 0 Å². The molecular formula is C17H19N5O. The van der Waals surface area contributed by atoms with Crippen LogP contribution in [0.5, 0.6) is 0 Å². The first-order chi connectivity index (χ1) is 11.1. The number of rotatable bonds is 4. The molecule has 0 radical (unpaired) electrons. The number of hydrogen-bond acceptors (Lipinski definition) is 4. The summed E-state index contributed by atoms with van der Waals surface area (Å²) in [7, 11) is 0. The first-order valence-corrected chi connectivity index (χ1v) is 7.58. The molecule has 0 aliphatic carbocycles. The zero-order valence-electron chi connectivity index (χ0n) is 13.2. The normalized spacial score (nSPS) is 10.9. The van der Waals surface area contributed by atoms with Crippen molar-refractivity contribution in [3.8, 4) is 11.1 Å². The summed E-state index contributed by atoms with van der Waals surface area (Å²) in [6.45, 7) is 4.58. The van der Waals surface area contributed by atoms with E-state index in [2.05, 4.69) is 15.3 Å². The Balaban J connectivity index is 2.13. The number of anilines is 1. The standard InChI is InChI=1S/C17H19N5O/c1-3-6-20-17(23)14-15(18)22-7-4-5-13(16(22)21-14)12-8-11(2)9-19-10-12/h4-5,7-10H,3,6,18H2,1-2H3,(H,20,23). The molecule has 0 atom stereocenters. The van der Waals surface area contributed by atoms with E-state index >= 15 is 0 Å². The van der Waals surface area contributed by atoms with Crippen molar-refractivity contribution in [1.82, 2.24) is 19.7 Å². The van der Waals surface area contributed by atoms with Crippen LogP contribution < -0.4 is 11.1 Å². The number of amides is 1. The van der Waals surface area contributed by atoms with Gasteiger partial charge in [-0.1, -0.05) is 6.92 Å². The van der Waals surface area contributed by atoms with Crippen LogP contribution in [0.25, 0.3) is 16.8 Å². The van der Waals surface area contributed by atoms with E-state index < -0.39 is 0 Å². The van der Waals surface area contributed by atoms with Crippen LogP contribution in [-0.4, -0.2) is 26.8 Å². The maximum atomic E-state index is 12.2. The van der Waals surface area contributed by atoms with E-state index in [1.165, 1.54) is 0 Å². The zero-order chi connectivity index (χ0) is 16.4. The van der Waals surface area contributed by atoms with Gasteiger partial charge in [0, 0.05) is 36.3 Å². The molecule has 0 saturated carbocycles. The number of hydrogen-bond donors (Lipinski definition) is 2. The third kappa shape index (κ3) is 2.75. The minimum atomic E-state index is -0.249. The van der Waals surface area contributed by atoms with E-state index in [9.17, 15) is 4.79 Å². The third-order valence-electron chi connectivity index (χ3n) is 3.62. The minimum Gasteiger partial charge on any atom is -0.383 e. The fourth-order valence-electron chi connectivity index (χ4n) is 2.50. The van der Waals surface area contributed by atoms with Gasteiger partial charge < -0.3 is 11.1 Å². The molecule has 3 heterocycles. The molecule has 3 aromatic rings. The van der Waals surface area contributed by atoms with Gasteiger partial charge >= 0.3 is 0 Å². The van der Waals surface area contributed by atoms with Gasteiger partial charge in [-0.05, 0) is 37.1 Å². The molecule has 0 aliphatic rings. The van der Waals surface area contributed by atoms with Gasteiger partial charge in [0.1, 0.15) is 11.5 Å². The van der Waals surface area contributed by atoms with Crippen LogP contribution >= 0.6 is 0 Å². The van der Waals surface area contributed by atoms with Crippen molar-refractivity contribution in [2.45, 2.75) is 20.3 Å². The highest BCUT2D eigenvalue weighted by atomic mass is 16.1. The Morgan fingerprint density at radius 2 is 2.22 bits per heavy atom. The molecular weight excluding hydrogens is 290 g/mol. The number of aryl methyl sites for hydroxylation is 1. The van der Waals surface area contributed by atoms with Gasteiger partial charge in [-0.2, -0.15) is 0 Å². The average Bonchev–Trinajstić information content (AvgIpc) is 2.90. The average molecular weight is 309 g/mol. The lowest BCUT2D eigenvalue weighted by Gasteiger charge is -2.04. The summed E-state index contributed by atoms with van der Waals surface area (Å²) in [6, 6.07) is 5.87. The van der Waals surface area contributed by atoms with Crippen molar-refractivity contribution in [3.05, 3.63) is 48.0 Å². The van der Waals surface area contributed by atoms with Crippen LogP contribution in [0.1, 0.15) is 29.4 Å². The van der Waals surface area contributed by atoms with Gasteiger partial charge in [0.05, 0.1) is 0 Å². The molecule has 0 aliphatic heterocycles. The molecule has 0 bridgehead atoms. The SMILES string of the molecule is CCCNC(=O)c1nc2c(-c3cncc(C)c3)cccn2c1N. The van der Waals surface area contributed by atoms with E-state index in [0.717, 1.165) is 23.1 Å². The first-order valence-electron chi connectivity index (χ1n) is 7.58. The van der Waals surface area contributed by atoms with Gasteiger partial charge in [0.15, 0.2) is 5.69 Å². The molecule has 6 nitrogen and oxygen atoms in total. The highest BCUT2D eigenvalue weighted by Gasteiger charge is 2.18. The molecule has 3 rings (SSSR count). The van der Waals surface area contributed by atoms with E-state index in [-0.39, 0.29) is 11.6 Å². The summed E-state index contributed by atoms with van der Waals surface area (Å²) < 4.78 is 1.73. The summed E-state index contributed by atoms with van der Waals surface area (Å²) in [4.78, 5) is 20.9. The predicted octanol–water partition coefficient (Wildman–Crippen LogP) is 2.43. The first kappa shape index (κ1) is 15.0. The van der Waals surface area contributed by atoms with Gasteiger partial charge in [-0.25, -0.2) is 4.98 Å². The highest BCUT2D eigenvalue weighted by Crippen LogP contribution is 2.26. The topological polar surface area (TPSA) is 85.3 Å². The van der Waals surface area contributed by atoms with E-state index in [1.807, 2.05) is 32.0 Å². The van der Waals surface area contributed by atoms with Crippen molar-refractivity contribution < 1.29 is 4.79 Å². The summed E-state index contributed by atoms with van der Waals surface area (Å²) in [5, 5.41) is 2.81. The Kier molecular flexibility index (Phi) is 3.97. The molecule has 6 heteroatoms. The second-order valence-corrected chi connectivity index (χ2v) is 5.47. The van der Waals surface area contributed by atoms with Crippen LogP contribution in [0, 0.1) is 6.92 Å². The Hall–Kier alpha value is -2.89. The molecule has 0 saturated heterocycles. The van der Waals surface area contributed by atoms with Gasteiger partial charge in [-0.3, -0.25) is 14.2 Å². The molecule has 0 fully saturated rings. The Bertz CT molecular complexity index is 869. The number of nitrogens with zero attached hydrogens (tertiary/aromatic N) is 3. The van der Waals surface area contributed by atoms with Crippen LogP contribution in [0.2, 0.25) is 0 Å². The number of fused-ring (bicyclic) bond motifs is 1. The number of pyridine rings is 2. The fourth-order valence-corrected chi connectivity index (χ4v) is 2.50. The van der Waals surface area contributed by atoms with Crippen molar-refractivity contribution in [1.29, 1.82) is 0 Å². The number of carbonyl (C=O) groups excluding carboxylic acids is 1. The second kappa shape index (κ2) is 6.08. The number of nitrogens with one attached hydrogen (secondary N) is 1. The van der Waals surface area contributed by atoms with Gasteiger partial charge in [0.25, 0.3) is 5.91 Å². The van der Waals surface area contributed by atoms with Gasteiger partial charge in [-0.15, -0.1) is 0 Å². The summed E-state index contributed by atoms with van der Waals surface area (Å²) in [5.74, 6) is 0.0948. The molecule has 118 valence electrons. The zero-order valence-corrected chi connectivity index (χ0v) is 13.2. The van der Waals surface area contributed by atoms with E-state index in [0.29, 0.717) is 18.0 Å². The molecule has 0 aromatic carbocycles. The fraction of sp³-hybridized carbons (Fsp3) is 0.235. The van der Waals surface area contributed by atoms with Crippen LogP contribution in [0.4, 0.5) is 5.82 Å². The van der Waals surface area contributed by atoms with Crippen LogP contribution in [0.15, 0.2) is 36.8 Å². The second-order valence-electron chi connectivity index (χ2n) is 5.47. The van der Waals surface area contributed by atoms with Gasteiger partial charge in [0.2, 0.25) is 0 Å². The largest absolute Gasteiger partial charge is 0.383 e. The Labute approximate surface area is 134 Å². The minimum absolute atomic E-state index is 0.249. The molecule has 23 heavy (non-hydrogen) atoms. The molecule has 1 amide bonds. The van der Waals surface area contributed by atoms with Crippen LogP contribution in [0.3, 0.4) is 0 Å². The van der Waals surface area contributed by atoms with E-state index in [1.54, 1.807) is 23.0 Å². The number of aromatic nitrogens is 3. The summed E-state index contributed by atoms with van der Waals surface area (Å²) in [5.41, 5.74) is 9.92. The maximum Gasteiger partial charge on any atom is 0.273 e. The lowest BCUT2D eigenvalue weighted by Crippen LogP contribution is -2.25. The van der Waals surface area contributed by atoms with Crippen molar-refractivity contribution >= 4 is 17.4 Å². The monoisotopic (exact) mass is 309 g/mol. The quantitative estimate of drug-likeness (QED) is 0.775. The third-order valence-corrected chi connectivity index (χ3v) is 3.62. The smallest absolute Gasteiger partial charge is 0.273 e. The van der Waals surface area contributed by atoms with Crippen molar-refractivity contribution in [3.63, 3.8) is 0 Å². The highest BCUT2D eigenvalue weighted by molar-refractivity contribution is 5.98. The molecule has 0 spiro atoms. The summed E-state index contributed by atoms with van der Waals surface area (Å²) >= 11 is 0.